The Morgan fingerprint density at radius 3 is 2.61 bits per heavy atom. The van der Waals surface area contributed by atoms with Gasteiger partial charge in [-0.3, -0.25) is 4.79 Å². The Bertz CT molecular complexity index is 394. The van der Waals surface area contributed by atoms with Gasteiger partial charge < -0.3 is 11.1 Å². The topological polar surface area (TPSA) is 55.1 Å². The highest BCUT2D eigenvalue weighted by Gasteiger charge is 2.13. The molecule has 0 bridgehead atoms. The second kappa shape index (κ2) is 6.55. The number of rotatable bonds is 5. The van der Waals surface area contributed by atoms with E-state index in [2.05, 4.69) is 32.2 Å². The molecule has 0 atom stereocenters. The van der Waals surface area contributed by atoms with Crippen LogP contribution in [0.15, 0.2) is 24.3 Å². The van der Waals surface area contributed by atoms with E-state index in [1.807, 2.05) is 18.2 Å². The molecule has 1 aromatic carbocycles. The van der Waals surface area contributed by atoms with Gasteiger partial charge in [-0.25, -0.2) is 0 Å². The Balaban J connectivity index is 2.60. The molecule has 0 saturated heterocycles. The van der Waals surface area contributed by atoms with Gasteiger partial charge in [-0.1, -0.05) is 32.9 Å². The summed E-state index contributed by atoms with van der Waals surface area (Å²) in [7, 11) is 0. The highest BCUT2D eigenvalue weighted by molar-refractivity contribution is 5.90. The smallest absolute Gasteiger partial charge is 0.224 e. The molecular weight excluding hydrogens is 224 g/mol. The average molecular weight is 248 g/mol. The first-order chi connectivity index (χ1) is 8.43. The summed E-state index contributed by atoms with van der Waals surface area (Å²) in [6, 6.07) is 8.04. The van der Waals surface area contributed by atoms with Crippen molar-refractivity contribution in [1.82, 2.24) is 0 Å². The van der Waals surface area contributed by atoms with Crippen LogP contribution in [0.5, 0.6) is 0 Å². The van der Waals surface area contributed by atoms with Crippen molar-refractivity contribution in [3.63, 3.8) is 0 Å². The van der Waals surface area contributed by atoms with E-state index in [0.717, 1.165) is 18.5 Å². The molecule has 0 aromatic heterocycles. The van der Waals surface area contributed by atoms with Crippen LogP contribution < -0.4 is 11.1 Å². The molecule has 0 radical (unpaired) electrons. The molecule has 3 heteroatoms. The molecular formula is C15H24N2O. The van der Waals surface area contributed by atoms with Gasteiger partial charge in [0.05, 0.1) is 0 Å². The lowest BCUT2D eigenvalue weighted by Crippen LogP contribution is -2.14. The standard InChI is InChI=1S/C15H24N2O/c1-15(2,3)12-7-6-8-13(11-12)17-14(18)9-4-5-10-16/h6-8,11H,4-5,9-10,16H2,1-3H3,(H,17,18). The van der Waals surface area contributed by atoms with Gasteiger partial charge in [-0.15, -0.1) is 0 Å². The van der Waals surface area contributed by atoms with Crippen molar-refractivity contribution in [3.05, 3.63) is 29.8 Å². The largest absolute Gasteiger partial charge is 0.330 e. The molecule has 1 amide bonds. The molecule has 100 valence electrons. The Hall–Kier alpha value is -1.35. The van der Waals surface area contributed by atoms with Crippen molar-refractivity contribution in [1.29, 1.82) is 0 Å². The van der Waals surface area contributed by atoms with Crippen LogP contribution in [0.4, 0.5) is 5.69 Å². The van der Waals surface area contributed by atoms with Gasteiger partial charge in [0.1, 0.15) is 0 Å². The zero-order valence-electron chi connectivity index (χ0n) is 11.6. The number of carbonyl (C=O) groups excluding carboxylic acids is 1. The number of benzene rings is 1. The maximum Gasteiger partial charge on any atom is 0.224 e. The quantitative estimate of drug-likeness (QED) is 0.787. The molecule has 1 aromatic rings. The molecule has 3 nitrogen and oxygen atoms in total. The van der Waals surface area contributed by atoms with Gasteiger partial charge in [0.2, 0.25) is 5.91 Å². The Morgan fingerprint density at radius 2 is 2.00 bits per heavy atom. The first-order valence-corrected chi connectivity index (χ1v) is 6.54. The van der Waals surface area contributed by atoms with Crippen LogP contribution in [0.1, 0.15) is 45.6 Å². The lowest BCUT2D eigenvalue weighted by molar-refractivity contribution is -0.116. The van der Waals surface area contributed by atoms with Gasteiger partial charge in [-0.05, 0) is 42.5 Å². The number of nitrogens with two attached hydrogens (primary N) is 1. The number of hydrogen-bond donors (Lipinski definition) is 2. The van der Waals surface area contributed by atoms with E-state index in [-0.39, 0.29) is 11.3 Å². The second-order valence-corrected chi connectivity index (χ2v) is 5.62. The van der Waals surface area contributed by atoms with Crippen molar-refractivity contribution in [3.8, 4) is 0 Å². The Morgan fingerprint density at radius 1 is 1.28 bits per heavy atom. The van der Waals surface area contributed by atoms with E-state index in [4.69, 9.17) is 5.73 Å². The monoisotopic (exact) mass is 248 g/mol. The maximum absolute atomic E-state index is 11.7. The van der Waals surface area contributed by atoms with Gasteiger partial charge >= 0.3 is 0 Å². The summed E-state index contributed by atoms with van der Waals surface area (Å²) in [5.74, 6) is 0.0644. The predicted molar refractivity (Wildman–Crippen MR) is 76.7 cm³/mol. The number of hydrogen-bond acceptors (Lipinski definition) is 2. The van der Waals surface area contributed by atoms with E-state index in [1.54, 1.807) is 0 Å². The molecule has 0 fully saturated rings. The SMILES string of the molecule is CC(C)(C)c1cccc(NC(=O)CCCCN)c1. The summed E-state index contributed by atoms with van der Waals surface area (Å²) >= 11 is 0. The minimum absolute atomic E-state index is 0.0644. The van der Waals surface area contributed by atoms with Crippen LogP contribution in [0.3, 0.4) is 0 Å². The summed E-state index contributed by atoms with van der Waals surface area (Å²) in [6.45, 7) is 7.13. The number of amides is 1. The minimum Gasteiger partial charge on any atom is -0.330 e. The summed E-state index contributed by atoms with van der Waals surface area (Å²) < 4.78 is 0. The fourth-order valence-electron chi connectivity index (χ4n) is 1.72. The second-order valence-electron chi connectivity index (χ2n) is 5.62. The van der Waals surface area contributed by atoms with Gasteiger partial charge in [0.25, 0.3) is 0 Å². The molecule has 3 N–H and O–H groups in total. The summed E-state index contributed by atoms with van der Waals surface area (Å²) in [6.07, 6.45) is 2.29. The number of unbranched alkanes of at least 4 members (excludes halogenated alkanes) is 1. The van der Waals surface area contributed by atoms with Crippen LogP contribution in [0.25, 0.3) is 0 Å². The first-order valence-electron chi connectivity index (χ1n) is 6.54. The molecule has 0 unspecified atom stereocenters. The van der Waals surface area contributed by atoms with E-state index in [0.29, 0.717) is 13.0 Å². The lowest BCUT2D eigenvalue weighted by atomic mass is 9.87. The fourth-order valence-corrected chi connectivity index (χ4v) is 1.72. The highest BCUT2D eigenvalue weighted by atomic mass is 16.1. The average Bonchev–Trinajstić information content (AvgIpc) is 2.28. The summed E-state index contributed by atoms with van der Waals surface area (Å²) in [4.78, 5) is 11.7. The minimum atomic E-state index is 0.0644. The maximum atomic E-state index is 11.7. The van der Waals surface area contributed by atoms with Crippen LogP contribution in [0, 0.1) is 0 Å². The third-order valence-electron chi connectivity index (χ3n) is 2.87. The van der Waals surface area contributed by atoms with E-state index in [1.165, 1.54) is 5.56 Å². The molecule has 0 saturated carbocycles. The molecule has 0 aliphatic carbocycles. The first kappa shape index (κ1) is 14.7. The van der Waals surface area contributed by atoms with Crippen molar-refractivity contribution in [2.45, 2.75) is 45.4 Å². The lowest BCUT2D eigenvalue weighted by Gasteiger charge is -2.19. The van der Waals surface area contributed by atoms with Crippen molar-refractivity contribution in [2.75, 3.05) is 11.9 Å². The molecule has 0 heterocycles. The van der Waals surface area contributed by atoms with E-state index < -0.39 is 0 Å². The van der Waals surface area contributed by atoms with Gasteiger partial charge in [0, 0.05) is 12.1 Å². The van der Waals surface area contributed by atoms with E-state index >= 15 is 0 Å². The van der Waals surface area contributed by atoms with Gasteiger partial charge in [0.15, 0.2) is 0 Å². The van der Waals surface area contributed by atoms with Crippen LogP contribution in [0.2, 0.25) is 0 Å². The summed E-state index contributed by atoms with van der Waals surface area (Å²) in [5.41, 5.74) is 7.60. The molecule has 18 heavy (non-hydrogen) atoms. The third-order valence-corrected chi connectivity index (χ3v) is 2.87. The van der Waals surface area contributed by atoms with Crippen molar-refractivity contribution < 1.29 is 4.79 Å². The molecule has 1 rings (SSSR count). The highest BCUT2D eigenvalue weighted by Crippen LogP contribution is 2.24. The van der Waals surface area contributed by atoms with Crippen LogP contribution in [-0.2, 0) is 10.2 Å². The third kappa shape index (κ3) is 4.88. The summed E-state index contributed by atoms with van der Waals surface area (Å²) in [5, 5.41) is 2.93. The Labute approximate surface area is 110 Å². The van der Waals surface area contributed by atoms with Gasteiger partial charge in [-0.2, -0.15) is 0 Å². The number of carbonyl (C=O) groups is 1. The molecule has 0 aliphatic rings. The normalized spacial score (nSPS) is 11.3. The number of anilines is 1. The zero-order valence-corrected chi connectivity index (χ0v) is 11.6. The zero-order chi connectivity index (χ0) is 13.6. The Kier molecular flexibility index (Phi) is 5.35. The van der Waals surface area contributed by atoms with Crippen molar-refractivity contribution >= 4 is 11.6 Å². The molecule has 0 aliphatic heterocycles. The number of nitrogens with one attached hydrogen (secondary N) is 1. The molecule has 0 spiro atoms. The van der Waals surface area contributed by atoms with Crippen molar-refractivity contribution in [2.24, 2.45) is 5.73 Å². The van der Waals surface area contributed by atoms with Crippen LogP contribution in [-0.4, -0.2) is 12.5 Å². The van der Waals surface area contributed by atoms with E-state index in [9.17, 15) is 4.79 Å². The fraction of sp³-hybridized carbons (Fsp3) is 0.533. The predicted octanol–water partition coefficient (Wildman–Crippen LogP) is 3.05. The van der Waals surface area contributed by atoms with Crippen LogP contribution >= 0.6 is 0 Å².